The van der Waals surface area contributed by atoms with Crippen molar-refractivity contribution in [2.45, 2.75) is 19.5 Å². The van der Waals surface area contributed by atoms with Crippen LogP contribution in [0.4, 0.5) is 22.9 Å². The lowest BCUT2D eigenvalue weighted by atomic mass is 10.00. The maximum absolute atomic E-state index is 13.9. The normalized spacial score (nSPS) is 14.9. The topological polar surface area (TPSA) is 102 Å². The number of piperazine rings is 1. The predicted molar refractivity (Wildman–Crippen MR) is 186 cm³/mol. The summed E-state index contributed by atoms with van der Waals surface area (Å²) in [5.41, 5.74) is 6.95. The first-order valence-corrected chi connectivity index (χ1v) is 16.0. The zero-order valence-electron chi connectivity index (χ0n) is 25.9. The zero-order chi connectivity index (χ0) is 32.3. The van der Waals surface area contributed by atoms with Crippen LogP contribution in [0.25, 0.3) is 11.1 Å². The lowest BCUT2D eigenvalue weighted by Crippen LogP contribution is -2.43. The van der Waals surface area contributed by atoms with Crippen LogP contribution in [0.3, 0.4) is 0 Å². The minimum atomic E-state index is -0.821. The number of carbonyl (C=O) groups excluding carboxylic acids is 2. The van der Waals surface area contributed by atoms with Gasteiger partial charge in [0.1, 0.15) is 16.9 Å². The number of aryl methyl sites for hydroxylation is 1. The molecule has 1 atom stereocenters. The number of nitrogens with one attached hydrogen (secondary N) is 3. The highest BCUT2D eigenvalue weighted by Crippen LogP contribution is 2.35. The summed E-state index contributed by atoms with van der Waals surface area (Å²) >= 11 is 6.24. The third kappa shape index (κ3) is 6.54. The Kier molecular flexibility index (Phi) is 8.56. The molecule has 0 aliphatic carbocycles. The summed E-state index contributed by atoms with van der Waals surface area (Å²) in [7, 11) is 0. The average Bonchev–Trinajstić information content (AvgIpc) is 3.43. The Hall–Kier alpha value is -5.25. The number of benzene rings is 4. The fraction of sp³-hybridized carbons (Fsp3) is 0.189. The summed E-state index contributed by atoms with van der Waals surface area (Å²) in [4.78, 5) is 40.2. The van der Waals surface area contributed by atoms with Gasteiger partial charge in [-0.25, -0.2) is 9.97 Å². The number of carbonyl (C=O) groups is 2. The molecular formula is C37H34ClN7O2. The molecule has 0 radical (unpaired) electrons. The number of hydrogen-bond acceptors (Lipinski definition) is 7. The van der Waals surface area contributed by atoms with Crippen molar-refractivity contribution >= 4 is 46.3 Å². The number of rotatable bonds is 8. The van der Waals surface area contributed by atoms with E-state index in [1.807, 2.05) is 54.6 Å². The summed E-state index contributed by atoms with van der Waals surface area (Å²) in [5.74, 6) is 0.641. The van der Waals surface area contributed by atoms with Crippen LogP contribution in [0.15, 0.2) is 103 Å². The standard InChI is InChI=1S/C37H34ClN7O2/c1-24-40-22-33(38)35(41-24)42-29-10-12-30(13-11-29)43-36(46)34(26-5-3-2-4-6-26)45-23-28-21-27(9-16-32(28)37(45)47)25-7-14-31(15-8-25)44-19-17-39-18-20-44/h2-16,21-22,34,39H,17-20,23H2,1H3,(H,43,46)(H,40,41,42). The van der Waals surface area contributed by atoms with Gasteiger partial charge >= 0.3 is 0 Å². The van der Waals surface area contributed by atoms with E-state index in [2.05, 4.69) is 61.2 Å². The highest BCUT2D eigenvalue weighted by Gasteiger charge is 2.37. The molecule has 7 rings (SSSR count). The monoisotopic (exact) mass is 643 g/mol. The van der Waals surface area contributed by atoms with E-state index in [1.54, 1.807) is 30.2 Å². The number of aromatic nitrogens is 2. The van der Waals surface area contributed by atoms with E-state index >= 15 is 0 Å². The second-order valence-electron chi connectivity index (χ2n) is 11.7. The lowest BCUT2D eigenvalue weighted by Gasteiger charge is -2.29. The molecule has 2 amide bonds. The van der Waals surface area contributed by atoms with Crippen LogP contribution >= 0.6 is 11.6 Å². The van der Waals surface area contributed by atoms with Crippen molar-refractivity contribution in [1.82, 2.24) is 20.2 Å². The molecule has 10 heteroatoms. The van der Waals surface area contributed by atoms with Crippen molar-refractivity contribution in [1.29, 1.82) is 0 Å². The summed E-state index contributed by atoms with van der Waals surface area (Å²) in [6.45, 7) is 6.09. The largest absolute Gasteiger partial charge is 0.369 e. The summed E-state index contributed by atoms with van der Waals surface area (Å²) < 4.78 is 0. The van der Waals surface area contributed by atoms with Crippen molar-refractivity contribution in [3.8, 4) is 11.1 Å². The van der Waals surface area contributed by atoms with E-state index in [1.165, 1.54) is 5.69 Å². The zero-order valence-corrected chi connectivity index (χ0v) is 26.7. The van der Waals surface area contributed by atoms with Crippen LogP contribution in [0.5, 0.6) is 0 Å². The number of hydrogen-bond donors (Lipinski definition) is 3. The smallest absolute Gasteiger partial charge is 0.255 e. The number of anilines is 4. The van der Waals surface area contributed by atoms with Crippen LogP contribution in [-0.2, 0) is 11.3 Å². The van der Waals surface area contributed by atoms with Gasteiger partial charge in [-0.3, -0.25) is 9.59 Å². The van der Waals surface area contributed by atoms with Gasteiger partial charge in [0.15, 0.2) is 5.82 Å². The van der Waals surface area contributed by atoms with Crippen molar-refractivity contribution in [3.63, 3.8) is 0 Å². The quantitative estimate of drug-likeness (QED) is 0.175. The van der Waals surface area contributed by atoms with Crippen LogP contribution in [0.2, 0.25) is 5.02 Å². The molecule has 47 heavy (non-hydrogen) atoms. The van der Waals surface area contributed by atoms with E-state index < -0.39 is 6.04 Å². The molecule has 0 bridgehead atoms. The summed E-state index contributed by atoms with van der Waals surface area (Å²) in [5, 5.41) is 10.0. The highest BCUT2D eigenvalue weighted by atomic mass is 35.5. The highest BCUT2D eigenvalue weighted by molar-refractivity contribution is 6.32. The van der Waals surface area contributed by atoms with E-state index in [0.29, 0.717) is 34.5 Å². The van der Waals surface area contributed by atoms with Gasteiger partial charge in [0, 0.05) is 55.3 Å². The third-order valence-electron chi connectivity index (χ3n) is 8.58. The van der Waals surface area contributed by atoms with Crippen LogP contribution in [0.1, 0.15) is 33.4 Å². The van der Waals surface area contributed by atoms with Crippen molar-refractivity contribution in [2.75, 3.05) is 41.7 Å². The molecule has 1 fully saturated rings. The van der Waals surface area contributed by atoms with Gasteiger partial charge in [-0.1, -0.05) is 60.1 Å². The molecule has 2 aliphatic heterocycles. The molecule has 0 spiro atoms. The first kappa shape index (κ1) is 30.4. The first-order valence-electron chi connectivity index (χ1n) is 15.6. The van der Waals surface area contributed by atoms with E-state index in [4.69, 9.17) is 11.6 Å². The van der Waals surface area contributed by atoms with Gasteiger partial charge in [-0.15, -0.1) is 0 Å². The SMILES string of the molecule is Cc1ncc(Cl)c(Nc2ccc(NC(=O)C(c3ccccc3)N3Cc4cc(-c5ccc(N6CCNCC6)cc5)ccc4C3=O)cc2)n1. The van der Waals surface area contributed by atoms with E-state index in [0.717, 1.165) is 54.1 Å². The molecule has 1 saturated heterocycles. The van der Waals surface area contributed by atoms with Crippen molar-refractivity contribution in [2.24, 2.45) is 0 Å². The minimum absolute atomic E-state index is 0.166. The number of halogens is 1. The first-order chi connectivity index (χ1) is 22.9. The Bertz CT molecular complexity index is 1910. The molecule has 1 unspecified atom stereocenters. The number of nitrogens with zero attached hydrogens (tertiary/aromatic N) is 4. The lowest BCUT2D eigenvalue weighted by molar-refractivity contribution is -0.120. The van der Waals surface area contributed by atoms with Crippen molar-refractivity contribution in [3.05, 3.63) is 131 Å². The average molecular weight is 644 g/mol. The molecular weight excluding hydrogens is 610 g/mol. The summed E-state index contributed by atoms with van der Waals surface area (Å²) in [6, 6.07) is 30.4. The molecule has 2 aliphatic rings. The number of amides is 2. The Labute approximate surface area is 278 Å². The Morgan fingerprint density at radius 2 is 1.60 bits per heavy atom. The molecule has 5 aromatic rings. The predicted octanol–water partition coefficient (Wildman–Crippen LogP) is 6.59. The van der Waals surface area contributed by atoms with Gasteiger partial charge in [-0.2, -0.15) is 0 Å². The molecule has 4 aromatic carbocycles. The Morgan fingerprint density at radius 3 is 2.34 bits per heavy atom. The van der Waals surface area contributed by atoms with Gasteiger partial charge in [-0.05, 0) is 77.7 Å². The molecule has 1 aromatic heterocycles. The molecule has 3 N–H and O–H groups in total. The van der Waals surface area contributed by atoms with E-state index in [9.17, 15) is 9.59 Å². The third-order valence-corrected chi connectivity index (χ3v) is 8.85. The van der Waals surface area contributed by atoms with Gasteiger partial charge < -0.3 is 25.8 Å². The van der Waals surface area contributed by atoms with Crippen LogP contribution < -0.4 is 20.9 Å². The van der Waals surface area contributed by atoms with Crippen molar-refractivity contribution < 1.29 is 9.59 Å². The van der Waals surface area contributed by atoms with Crippen LogP contribution in [-0.4, -0.2) is 52.9 Å². The van der Waals surface area contributed by atoms with Crippen LogP contribution in [0, 0.1) is 6.92 Å². The molecule has 3 heterocycles. The second kappa shape index (κ2) is 13.2. The van der Waals surface area contributed by atoms with Gasteiger partial charge in [0.2, 0.25) is 0 Å². The summed E-state index contributed by atoms with van der Waals surface area (Å²) in [6.07, 6.45) is 1.55. The second-order valence-corrected chi connectivity index (χ2v) is 12.1. The Balaban J connectivity index is 1.09. The molecule has 9 nitrogen and oxygen atoms in total. The fourth-order valence-corrected chi connectivity index (χ4v) is 6.29. The number of fused-ring (bicyclic) bond motifs is 1. The van der Waals surface area contributed by atoms with E-state index in [-0.39, 0.29) is 11.8 Å². The van der Waals surface area contributed by atoms with Gasteiger partial charge in [0.05, 0.1) is 6.20 Å². The molecule has 236 valence electrons. The maximum atomic E-state index is 13.9. The minimum Gasteiger partial charge on any atom is -0.369 e. The van der Waals surface area contributed by atoms with Gasteiger partial charge in [0.25, 0.3) is 11.8 Å². The molecule has 0 saturated carbocycles. The fourth-order valence-electron chi connectivity index (χ4n) is 6.15. The maximum Gasteiger partial charge on any atom is 0.255 e. The Morgan fingerprint density at radius 1 is 0.894 bits per heavy atom.